The van der Waals surface area contributed by atoms with E-state index in [9.17, 15) is 13.2 Å². The third-order valence-electron chi connectivity index (χ3n) is 3.81. The van der Waals surface area contributed by atoms with E-state index >= 15 is 0 Å². The minimum absolute atomic E-state index is 0.115. The molecule has 3 rings (SSSR count). The molecule has 0 aromatic heterocycles. The van der Waals surface area contributed by atoms with E-state index in [-0.39, 0.29) is 18.9 Å². The average Bonchev–Trinajstić information content (AvgIpc) is 2.73. The second-order valence-electron chi connectivity index (χ2n) is 5.65. The number of anilines is 2. The van der Waals surface area contributed by atoms with Crippen LogP contribution in [0.3, 0.4) is 0 Å². The highest BCUT2D eigenvalue weighted by atomic mass is 32.2. The highest BCUT2D eigenvalue weighted by Crippen LogP contribution is 2.31. The monoisotopic (exact) mass is 342 g/mol. The number of hydrogen-bond acceptors (Lipinski definition) is 3. The van der Waals surface area contributed by atoms with Crippen LogP contribution in [0.1, 0.15) is 17.5 Å². The predicted octanol–water partition coefficient (Wildman–Crippen LogP) is 3.14. The van der Waals surface area contributed by atoms with Gasteiger partial charge >= 0.3 is 0 Å². The Labute approximate surface area is 141 Å². The molecular weight excluding hydrogens is 324 g/mol. The van der Waals surface area contributed by atoms with Gasteiger partial charge in [-0.1, -0.05) is 42.0 Å². The normalized spacial score (nSPS) is 15.0. The van der Waals surface area contributed by atoms with Crippen molar-refractivity contribution in [3.05, 3.63) is 65.1 Å². The number of para-hydroxylation sites is 2. The van der Waals surface area contributed by atoms with Gasteiger partial charge in [0.05, 0.1) is 16.8 Å². The van der Waals surface area contributed by atoms with Crippen LogP contribution < -0.4 is 9.62 Å². The van der Waals surface area contributed by atoms with E-state index in [2.05, 4.69) is 5.32 Å². The Balaban J connectivity index is 1.94. The van der Waals surface area contributed by atoms with Gasteiger partial charge < -0.3 is 5.32 Å². The number of aryl methyl sites for hydroxylation is 1. The molecule has 6 heteroatoms. The second-order valence-corrected chi connectivity index (χ2v) is 7.39. The van der Waals surface area contributed by atoms with Crippen LogP contribution in [0.5, 0.6) is 0 Å². The summed E-state index contributed by atoms with van der Waals surface area (Å²) >= 11 is 0. The van der Waals surface area contributed by atoms with Crippen LogP contribution >= 0.6 is 0 Å². The van der Waals surface area contributed by atoms with Crippen molar-refractivity contribution in [2.75, 3.05) is 16.2 Å². The molecule has 1 aliphatic rings. The summed E-state index contributed by atoms with van der Waals surface area (Å²) in [5.74, 6) is -0.192. The summed E-state index contributed by atoms with van der Waals surface area (Å²) < 4.78 is 26.8. The molecule has 0 unspecified atom stereocenters. The Kier molecular flexibility index (Phi) is 4.40. The summed E-state index contributed by atoms with van der Waals surface area (Å²) in [5, 5.41) is 3.92. The molecule has 0 aliphatic carbocycles. The zero-order valence-electron chi connectivity index (χ0n) is 13.3. The number of benzene rings is 2. The van der Waals surface area contributed by atoms with Crippen LogP contribution in [-0.2, 0) is 14.8 Å². The van der Waals surface area contributed by atoms with Gasteiger partial charge in [0.15, 0.2) is 0 Å². The standard InChI is InChI=1S/C18H18N2O3S/c1-14-6-8-15(9-7-14)11-13-24(22,23)20-12-10-18(21)19-16-4-2-3-5-17(16)20/h2-9,11,13H,10,12H2,1H3,(H,19,21). The van der Waals surface area contributed by atoms with E-state index in [1.54, 1.807) is 30.3 Å². The summed E-state index contributed by atoms with van der Waals surface area (Å²) in [4.78, 5) is 11.8. The topological polar surface area (TPSA) is 66.5 Å². The molecule has 5 nitrogen and oxygen atoms in total. The minimum atomic E-state index is -3.69. The number of rotatable bonds is 3. The second kappa shape index (κ2) is 6.49. The molecule has 0 saturated heterocycles. The fraction of sp³-hybridized carbons (Fsp3) is 0.167. The molecule has 0 spiro atoms. The average molecular weight is 342 g/mol. The first kappa shape index (κ1) is 16.3. The summed E-state index contributed by atoms with van der Waals surface area (Å²) in [6.45, 7) is 2.09. The summed E-state index contributed by atoms with van der Waals surface area (Å²) in [6, 6.07) is 14.5. The Bertz CT molecular complexity index is 887. The van der Waals surface area contributed by atoms with Gasteiger partial charge in [-0.25, -0.2) is 8.42 Å². The number of sulfonamides is 1. The van der Waals surface area contributed by atoms with Crippen molar-refractivity contribution in [2.45, 2.75) is 13.3 Å². The minimum Gasteiger partial charge on any atom is -0.324 e. The van der Waals surface area contributed by atoms with Crippen molar-refractivity contribution in [1.82, 2.24) is 0 Å². The Hall–Kier alpha value is -2.60. The molecule has 1 amide bonds. The third-order valence-corrected chi connectivity index (χ3v) is 5.28. The number of nitrogens with zero attached hydrogens (tertiary/aromatic N) is 1. The molecule has 124 valence electrons. The van der Waals surface area contributed by atoms with E-state index < -0.39 is 10.0 Å². The maximum absolute atomic E-state index is 12.7. The van der Waals surface area contributed by atoms with Gasteiger partial charge in [0.25, 0.3) is 10.0 Å². The van der Waals surface area contributed by atoms with Crippen LogP contribution in [0.2, 0.25) is 0 Å². The van der Waals surface area contributed by atoms with Crippen molar-refractivity contribution < 1.29 is 13.2 Å². The Morgan fingerprint density at radius 3 is 2.54 bits per heavy atom. The molecule has 0 fully saturated rings. The fourth-order valence-corrected chi connectivity index (χ4v) is 3.77. The zero-order valence-corrected chi connectivity index (χ0v) is 14.1. The molecule has 0 bridgehead atoms. The molecule has 2 aromatic rings. The first-order valence-electron chi connectivity index (χ1n) is 7.62. The van der Waals surface area contributed by atoms with Gasteiger partial charge in [-0.3, -0.25) is 9.10 Å². The molecule has 1 N–H and O–H groups in total. The van der Waals surface area contributed by atoms with Gasteiger partial charge in [-0.05, 0) is 30.7 Å². The number of carbonyl (C=O) groups excluding carboxylic acids is 1. The summed E-state index contributed by atoms with van der Waals surface area (Å²) in [7, 11) is -3.69. The highest BCUT2D eigenvalue weighted by Gasteiger charge is 2.26. The van der Waals surface area contributed by atoms with Crippen molar-refractivity contribution in [3.8, 4) is 0 Å². The van der Waals surface area contributed by atoms with E-state index in [1.807, 2.05) is 31.2 Å². The number of nitrogens with one attached hydrogen (secondary N) is 1. The molecule has 1 aliphatic heterocycles. The maximum Gasteiger partial charge on any atom is 0.257 e. The lowest BCUT2D eigenvalue weighted by Crippen LogP contribution is -2.30. The molecule has 0 saturated carbocycles. The fourth-order valence-electron chi connectivity index (χ4n) is 2.51. The van der Waals surface area contributed by atoms with Gasteiger partial charge in [-0.2, -0.15) is 0 Å². The van der Waals surface area contributed by atoms with Gasteiger partial charge in [0.2, 0.25) is 5.91 Å². The van der Waals surface area contributed by atoms with E-state index in [4.69, 9.17) is 0 Å². The smallest absolute Gasteiger partial charge is 0.257 e. The van der Waals surface area contributed by atoms with Crippen molar-refractivity contribution in [1.29, 1.82) is 0 Å². The molecule has 0 radical (unpaired) electrons. The van der Waals surface area contributed by atoms with Crippen molar-refractivity contribution in [3.63, 3.8) is 0 Å². The summed E-state index contributed by atoms with van der Waals surface area (Å²) in [5.41, 5.74) is 2.91. The predicted molar refractivity (Wildman–Crippen MR) is 96.2 cm³/mol. The molecule has 24 heavy (non-hydrogen) atoms. The molecular formula is C18H18N2O3S. The van der Waals surface area contributed by atoms with Crippen LogP contribution in [0.4, 0.5) is 11.4 Å². The lowest BCUT2D eigenvalue weighted by Gasteiger charge is -2.21. The van der Waals surface area contributed by atoms with Crippen LogP contribution in [0.15, 0.2) is 53.9 Å². The van der Waals surface area contributed by atoms with Crippen LogP contribution in [0.25, 0.3) is 6.08 Å². The highest BCUT2D eigenvalue weighted by molar-refractivity contribution is 7.95. The number of fused-ring (bicyclic) bond motifs is 1. The number of carbonyl (C=O) groups is 1. The van der Waals surface area contributed by atoms with Gasteiger partial charge in [0.1, 0.15) is 0 Å². The maximum atomic E-state index is 12.7. The first-order chi connectivity index (χ1) is 11.5. The van der Waals surface area contributed by atoms with E-state index in [0.29, 0.717) is 11.4 Å². The molecule has 0 atom stereocenters. The zero-order chi connectivity index (χ0) is 17.2. The lowest BCUT2D eigenvalue weighted by atomic mass is 10.2. The van der Waals surface area contributed by atoms with Gasteiger partial charge in [-0.15, -0.1) is 0 Å². The number of amides is 1. The van der Waals surface area contributed by atoms with E-state index in [0.717, 1.165) is 11.1 Å². The Morgan fingerprint density at radius 2 is 1.79 bits per heavy atom. The third kappa shape index (κ3) is 3.49. The number of hydrogen-bond donors (Lipinski definition) is 1. The SMILES string of the molecule is Cc1ccc(C=CS(=O)(=O)N2CCC(=O)Nc3ccccc32)cc1. The van der Waals surface area contributed by atoms with Crippen molar-refractivity contribution >= 4 is 33.4 Å². The first-order valence-corrected chi connectivity index (χ1v) is 9.12. The molecule has 1 heterocycles. The Morgan fingerprint density at radius 1 is 1.08 bits per heavy atom. The van der Waals surface area contributed by atoms with Crippen LogP contribution in [-0.4, -0.2) is 20.9 Å². The molecule has 2 aromatic carbocycles. The van der Waals surface area contributed by atoms with Gasteiger partial charge in [0, 0.05) is 13.0 Å². The quantitative estimate of drug-likeness (QED) is 0.932. The summed E-state index contributed by atoms with van der Waals surface area (Å²) in [6.07, 6.45) is 1.68. The van der Waals surface area contributed by atoms with Crippen molar-refractivity contribution in [2.24, 2.45) is 0 Å². The van der Waals surface area contributed by atoms with Crippen LogP contribution in [0, 0.1) is 6.92 Å². The largest absolute Gasteiger partial charge is 0.324 e. The lowest BCUT2D eigenvalue weighted by molar-refractivity contribution is -0.115. The van der Waals surface area contributed by atoms with E-state index in [1.165, 1.54) is 9.71 Å².